The predicted molar refractivity (Wildman–Crippen MR) is 101 cm³/mol. The number of thiophene rings is 1. The molecule has 0 aromatic carbocycles. The molecule has 0 spiro atoms. The van der Waals surface area contributed by atoms with Crippen LogP contribution in [0, 0.1) is 6.92 Å². The number of aryl methyl sites for hydroxylation is 2. The molecule has 0 bridgehead atoms. The van der Waals surface area contributed by atoms with Crippen LogP contribution < -0.4 is 5.32 Å². The summed E-state index contributed by atoms with van der Waals surface area (Å²) in [6, 6.07) is 6.53. The molecule has 0 saturated carbocycles. The Morgan fingerprint density at radius 2 is 2.20 bits per heavy atom. The fraction of sp³-hybridized carbons (Fsp3) is 0.556. The Hall–Kier alpha value is -1.86. The zero-order valence-corrected chi connectivity index (χ0v) is 16.1. The zero-order chi connectivity index (χ0) is 17.8. The topological polar surface area (TPSA) is 53.4 Å². The van der Waals surface area contributed by atoms with Crippen molar-refractivity contribution in [1.82, 2.24) is 24.9 Å². The molecule has 0 saturated heterocycles. The van der Waals surface area contributed by atoms with Crippen molar-refractivity contribution in [3.05, 3.63) is 39.3 Å². The van der Waals surface area contributed by atoms with E-state index >= 15 is 0 Å². The Morgan fingerprint density at radius 1 is 1.36 bits per heavy atom. The van der Waals surface area contributed by atoms with Crippen molar-refractivity contribution < 1.29 is 4.79 Å². The molecular formula is C18H27N5OS. The Bertz CT molecular complexity index is 723. The van der Waals surface area contributed by atoms with Crippen molar-refractivity contribution in [3.63, 3.8) is 0 Å². The van der Waals surface area contributed by atoms with E-state index < -0.39 is 0 Å². The van der Waals surface area contributed by atoms with E-state index in [0.29, 0.717) is 13.1 Å². The van der Waals surface area contributed by atoms with Gasteiger partial charge in [0.2, 0.25) is 0 Å². The summed E-state index contributed by atoms with van der Waals surface area (Å²) in [5, 5.41) is 7.65. The third kappa shape index (κ3) is 4.61. The Labute approximate surface area is 153 Å². The third-order valence-electron chi connectivity index (χ3n) is 4.33. The van der Waals surface area contributed by atoms with Gasteiger partial charge < -0.3 is 10.2 Å². The Balaban J connectivity index is 1.63. The van der Waals surface area contributed by atoms with E-state index in [1.54, 1.807) is 0 Å². The number of aromatic nitrogens is 2. The van der Waals surface area contributed by atoms with E-state index in [4.69, 9.17) is 5.10 Å². The lowest BCUT2D eigenvalue weighted by Gasteiger charge is -2.20. The van der Waals surface area contributed by atoms with Gasteiger partial charge in [-0.1, -0.05) is 0 Å². The highest BCUT2D eigenvalue weighted by atomic mass is 32.1. The van der Waals surface area contributed by atoms with Crippen LogP contribution in [0.3, 0.4) is 0 Å². The predicted octanol–water partition coefficient (Wildman–Crippen LogP) is 2.82. The molecule has 136 valence electrons. The molecule has 3 heterocycles. The van der Waals surface area contributed by atoms with Gasteiger partial charge in [0.15, 0.2) is 0 Å². The number of nitrogens with zero attached hydrogens (tertiary/aromatic N) is 4. The molecule has 0 aliphatic carbocycles. The number of carbonyl (C=O) groups excluding carboxylic acids is 1. The highest BCUT2D eigenvalue weighted by molar-refractivity contribution is 7.11. The second-order valence-electron chi connectivity index (χ2n) is 6.65. The van der Waals surface area contributed by atoms with Gasteiger partial charge in [0.25, 0.3) is 0 Å². The maximum absolute atomic E-state index is 12.1. The van der Waals surface area contributed by atoms with Crippen LogP contribution in [0.2, 0.25) is 0 Å². The van der Waals surface area contributed by atoms with Crippen molar-refractivity contribution in [1.29, 1.82) is 0 Å². The summed E-state index contributed by atoms with van der Waals surface area (Å²) in [6.07, 6.45) is 0.940. The number of fused-ring (bicyclic) bond motifs is 1. The number of amides is 2. The van der Waals surface area contributed by atoms with Crippen LogP contribution in [0.25, 0.3) is 0 Å². The first-order valence-corrected chi connectivity index (χ1v) is 9.69. The van der Waals surface area contributed by atoms with Gasteiger partial charge in [-0.2, -0.15) is 5.10 Å². The molecule has 25 heavy (non-hydrogen) atoms. The molecule has 0 fully saturated rings. The van der Waals surface area contributed by atoms with Gasteiger partial charge in [-0.05, 0) is 45.5 Å². The van der Waals surface area contributed by atoms with Crippen LogP contribution >= 0.6 is 11.3 Å². The van der Waals surface area contributed by atoms with Crippen LogP contribution in [-0.2, 0) is 26.2 Å². The smallest absolute Gasteiger partial charge is 0.317 e. The maximum atomic E-state index is 12.1. The summed E-state index contributed by atoms with van der Waals surface area (Å²) in [7, 11) is 2.13. The standard InChI is InChI=1S/C18H27N5OS/c1-4-19-18(24)22-8-5-9-23-16(12-22)10-15(20-23)11-21(3)13-17-7-6-14(2)25-17/h6-7,10H,4-5,8-9,11-13H2,1-3H3,(H,19,24). The minimum Gasteiger partial charge on any atom is -0.338 e. The summed E-state index contributed by atoms with van der Waals surface area (Å²) in [5.41, 5.74) is 2.20. The quantitative estimate of drug-likeness (QED) is 0.891. The Kier molecular flexibility index (Phi) is 5.75. The number of nitrogens with one attached hydrogen (secondary N) is 1. The number of hydrogen-bond acceptors (Lipinski definition) is 4. The molecule has 3 rings (SSSR count). The lowest BCUT2D eigenvalue weighted by Crippen LogP contribution is -2.39. The van der Waals surface area contributed by atoms with Gasteiger partial charge in [-0.25, -0.2) is 4.79 Å². The number of urea groups is 1. The van der Waals surface area contributed by atoms with E-state index in [9.17, 15) is 4.79 Å². The molecule has 1 aliphatic rings. The fourth-order valence-corrected chi connectivity index (χ4v) is 4.17. The second kappa shape index (κ2) is 8.01. The third-order valence-corrected chi connectivity index (χ3v) is 5.32. The molecular weight excluding hydrogens is 334 g/mol. The van der Waals surface area contributed by atoms with Crippen molar-refractivity contribution >= 4 is 17.4 Å². The fourth-order valence-electron chi connectivity index (χ4n) is 3.20. The summed E-state index contributed by atoms with van der Waals surface area (Å²) < 4.78 is 2.07. The normalized spacial score (nSPS) is 14.5. The molecule has 6 nitrogen and oxygen atoms in total. The summed E-state index contributed by atoms with van der Waals surface area (Å²) in [6.45, 7) is 8.79. The van der Waals surface area contributed by atoms with Gasteiger partial charge in [-0.15, -0.1) is 11.3 Å². The lowest BCUT2D eigenvalue weighted by atomic mass is 10.3. The monoisotopic (exact) mass is 361 g/mol. The number of hydrogen-bond donors (Lipinski definition) is 1. The first kappa shape index (κ1) is 17.9. The van der Waals surface area contributed by atoms with Gasteiger partial charge in [0.1, 0.15) is 0 Å². The number of carbonyl (C=O) groups is 1. The van der Waals surface area contributed by atoms with Gasteiger partial charge in [0, 0.05) is 42.5 Å². The molecule has 0 radical (unpaired) electrons. The molecule has 2 amide bonds. The van der Waals surface area contributed by atoms with Crippen LogP contribution in [0.5, 0.6) is 0 Å². The average Bonchev–Trinajstić information content (AvgIpc) is 3.07. The summed E-state index contributed by atoms with van der Waals surface area (Å²) in [5.74, 6) is 0. The van der Waals surface area contributed by atoms with Crippen LogP contribution in [0.1, 0.15) is 34.5 Å². The summed E-state index contributed by atoms with van der Waals surface area (Å²) in [4.78, 5) is 19.0. The molecule has 0 unspecified atom stereocenters. The molecule has 0 atom stereocenters. The minimum absolute atomic E-state index is 0.0175. The first-order valence-electron chi connectivity index (χ1n) is 8.87. The van der Waals surface area contributed by atoms with Crippen molar-refractivity contribution in [2.75, 3.05) is 20.1 Å². The maximum Gasteiger partial charge on any atom is 0.317 e. The second-order valence-corrected chi connectivity index (χ2v) is 8.02. The molecule has 1 aliphatic heterocycles. The average molecular weight is 362 g/mol. The highest BCUT2D eigenvalue weighted by Gasteiger charge is 2.20. The van der Waals surface area contributed by atoms with Gasteiger partial charge in [-0.3, -0.25) is 9.58 Å². The van der Waals surface area contributed by atoms with E-state index in [1.807, 2.05) is 23.2 Å². The van der Waals surface area contributed by atoms with E-state index in [-0.39, 0.29) is 6.03 Å². The van der Waals surface area contributed by atoms with Crippen molar-refractivity contribution in [2.45, 2.75) is 46.4 Å². The molecule has 2 aromatic rings. The van der Waals surface area contributed by atoms with Crippen molar-refractivity contribution in [2.24, 2.45) is 0 Å². The van der Waals surface area contributed by atoms with Crippen molar-refractivity contribution in [3.8, 4) is 0 Å². The summed E-state index contributed by atoms with van der Waals surface area (Å²) >= 11 is 1.85. The largest absolute Gasteiger partial charge is 0.338 e. The molecule has 1 N–H and O–H groups in total. The Morgan fingerprint density at radius 3 is 2.92 bits per heavy atom. The van der Waals surface area contributed by atoms with E-state index in [0.717, 1.165) is 44.0 Å². The molecule has 2 aromatic heterocycles. The number of rotatable bonds is 5. The highest BCUT2D eigenvalue weighted by Crippen LogP contribution is 2.19. The van der Waals surface area contributed by atoms with Gasteiger partial charge >= 0.3 is 6.03 Å². The SMILES string of the molecule is CCNC(=O)N1CCCn2nc(CN(C)Cc3ccc(C)s3)cc2C1. The van der Waals surface area contributed by atoms with Gasteiger partial charge in [0.05, 0.1) is 17.9 Å². The van der Waals surface area contributed by atoms with Crippen LogP contribution in [0.15, 0.2) is 18.2 Å². The minimum atomic E-state index is 0.0175. The van der Waals surface area contributed by atoms with Crippen LogP contribution in [-0.4, -0.2) is 45.7 Å². The zero-order valence-electron chi connectivity index (χ0n) is 15.3. The van der Waals surface area contributed by atoms with E-state index in [2.05, 4.69) is 47.1 Å². The lowest BCUT2D eigenvalue weighted by molar-refractivity contribution is 0.196. The first-order chi connectivity index (χ1) is 12.0. The molecule has 7 heteroatoms. The van der Waals surface area contributed by atoms with Crippen LogP contribution in [0.4, 0.5) is 4.79 Å². The van der Waals surface area contributed by atoms with E-state index in [1.165, 1.54) is 9.75 Å².